The van der Waals surface area contributed by atoms with Gasteiger partial charge in [-0.1, -0.05) is 12.1 Å². The Morgan fingerprint density at radius 3 is 2.53 bits per heavy atom. The van der Waals surface area contributed by atoms with Gasteiger partial charge in [-0.05, 0) is 36.8 Å². The Balaban J connectivity index is 2.21. The lowest BCUT2D eigenvalue weighted by molar-refractivity contribution is -0.131. The minimum Gasteiger partial charge on any atom is -0.478 e. The van der Waals surface area contributed by atoms with Crippen LogP contribution in [0, 0.1) is 6.92 Å². The number of carbonyl (C=O) groups is 1. The molecule has 1 aromatic heterocycles. The molecule has 2 aromatic rings. The van der Waals surface area contributed by atoms with Crippen molar-refractivity contribution in [1.29, 1.82) is 0 Å². The van der Waals surface area contributed by atoms with Gasteiger partial charge in [0.05, 0.1) is 11.4 Å². The van der Waals surface area contributed by atoms with E-state index in [1.54, 1.807) is 10.8 Å². The summed E-state index contributed by atoms with van der Waals surface area (Å²) in [6.07, 6.45) is 4.56. The summed E-state index contributed by atoms with van der Waals surface area (Å²) < 4.78 is 1.78. The van der Waals surface area contributed by atoms with E-state index in [4.69, 9.17) is 5.11 Å². The van der Waals surface area contributed by atoms with E-state index in [2.05, 4.69) is 5.10 Å². The quantitative estimate of drug-likeness (QED) is 0.820. The molecule has 0 saturated heterocycles. The zero-order valence-electron chi connectivity index (χ0n) is 9.37. The van der Waals surface area contributed by atoms with Crippen molar-refractivity contribution in [2.45, 2.75) is 6.92 Å². The summed E-state index contributed by atoms with van der Waals surface area (Å²) in [6.45, 7) is 1.93. The van der Waals surface area contributed by atoms with Crippen molar-refractivity contribution in [3.8, 4) is 5.69 Å². The van der Waals surface area contributed by atoms with Crippen LogP contribution in [0.2, 0.25) is 0 Å². The zero-order chi connectivity index (χ0) is 12.3. The first-order valence-electron chi connectivity index (χ1n) is 5.19. The third-order valence-electron chi connectivity index (χ3n) is 2.30. The fourth-order valence-electron chi connectivity index (χ4n) is 1.46. The third kappa shape index (κ3) is 2.81. The number of rotatable bonds is 3. The number of nitrogens with zero attached hydrogens (tertiary/aromatic N) is 2. The van der Waals surface area contributed by atoms with Crippen LogP contribution >= 0.6 is 0 Å². The van der Waals surface area contributed by atoms with E-state index in [0.29, 0.717) is 0 Å². The van der Waals surface area contributed by atoms with Crippen molar-refractivity contribution in [3.63, 3.8) is 0 Å². The second-order valence-electron chi connectivity index (χ2n) is 3.66. The molecule has 86 valence electrons. The van der Waals surface area contributed by atoms with E-state index in [1.165, 1.54) is 0 Å². The first-order chi connectivity index (χ1) is 8.15. The predicted molar refractivity (Wildman–Crippen MR) is 65.0 cm³/mol. The molecular weight excluding hydrogens is 216 g/mol. The van der Waals surface area contributed by atoms with E-state index in [-0.39, 0.29) is 0 Å². The number of aromatic nitrogens is 2. The minimum atomic E-state index is -0.947. The van der Waals surface area contributed by atoms with E-state index < -0.39 is 5.97 Å². The second kappa shape index (κ2) is 4.65. The van der Waals surface area contributed by atoms with Gasteiger partial charge in [-0.25, -0.2) is 9.48 Å². The number of hydrogen-bond donors (Lipinski definition) is 1. The topological polar surface area (TPSA) is 55.1 Å². The summed E-state index contributed by atoms with van der Waals surface area (Å²) in [6, 6.07) is 9.43. The molecule has 0 aliphatic rings. The molecule has 17 heavy (non-hydrogen) atoms. The SMILES string of the molecule is Cc1ccn(-c2ccc(/C=C/C(=O)O)cc2)n1. The highest BCUT2D eigenvalue weighted by molar-refractivity contribution is 5.85. The van der Waals surface area contributed by atoms with Crippen molar-refractivity contribution < 1.29 is 9.90 Å². The van der Waals surface area contributed by atoms with Crippen molar-refractivity contribution in [2.24, 2.45) is 0 Å². The van der Waals surface area contributed by atoms with E-state index >= 15 is 0 Å². The molecule has 0 aliphatic heterocycles. The molecule has 0 unspecified atom stereocenters. The summed E-state index contributed by atoms with van der Waals surface area (Å²) >= 11 is 0. The van der Waals surface area contributed by atoms with Gasteiger partial charge in [-0.2, -0.15) is 5.10 Å². The average Bonchev–Trinajstić information content (AvgIpc) is 2.74. The van der Waals surface area contributed by atoms with Gasteiger partial charge in [-0.3, -0.25) is 0 Å². The van der Waals surface area contributed by atoms with Gasteiger partial charge in [-0.15, -0.1) is 0 Å². The normalized spacial score (nSPS) is 10.9. The summed E-state index contributed by atoms with van der Waals surface area (Å²) in [5, 5.41) is 12.8. The van der Waals surface area contributed by atoms with Gasteiger partial charge in [0.15, 0.2) is 0 Å². The minimum absolute atomic E-state index is 0.847. The van der Waals surface area contributed by atoms with Crippen LogP contribution in [-0.4, -0.2) is 20.9 Å². The van der Waals surface area contributed by atoms with E-state index in [9.17, 15) is 4.79 Å². The number of carboxylic acids is 1. The number of benzene rings is 1. The van der Waals surface area contributed by atoms with Crippen LogP contribution < -0.4 is 0 Å². The largest absolute Gasteiger partial charge is 0.478 e. The molecule has 0 saturated carbocycles. The lowest BCUT2D eigenvalue weighted by atomic mass is 10.2. The highest BCUT2D eigenvalue weighted by atomic mass is 16.4. The Morgan fingerprint density at radius 1 is 1.29 bits per heavy atom. The Bertz CT molecular complexity index is 553. The second-order valence-corrected chi connectivity index (χ2v) is 3.66. The fraction of sp³-hybridized carbons (Fsp3) is 0.0769. The van der Waals surface area contributed by atoms with Crippen LogP contribution in [0.3, 0.4) is 0 Å². The molecule has 2 rings (SSSR count). The van der Waals surface area contributed by atoms with Gasteiger partial charge in [0.2, 0.25) is 0 Å². The molecule has 1 aromatic carbocycles. The zero-order valence-corrected chi connectivity index (χ0v) is 9.37. The molecule has 1 heterocycles. The molecular formula is C13H12N2O2. The highest BCUT2D eigenvalue weighted by Crippen LogP contribution is 2.10. The predicted octanol–water partition coefficient (Wildman–Crippen LogP) is 2.28. The van der Waals surface area contributed by atoms with Gasteiger partial charge in [0.25, 0.3) is 0 Å². The Labute approximate surface area is 98.8 Å². The van der Waals surface area contributed by atoms with Crippen molar-refractivity contribution in [2.75, 3.05) is 0 Å². The number of carboxylic acid groups (broad SMARTS) is 1. The molecule has 0 bridgehead atoms. The molecule has 0 fully saturated rings. The van der Waals surface area contributed by atoms with Crippen LogP contribution in [0.15, 0.2) is 42.6 Å². The lowest BCUT2D eigenvalue weighted by Gasteiger charge is -2.01. The number of aryl methyl sites for hydroxylation is 1. The van der Waals surface area contributed by atoms with Gasteiger partial charge in [0.1, 0.15) is 0 Å². The maximum absolute atomic E-state index is 10.4. The van der Waals surface area contributed by atoms with Crippen molar-refractivity contribution in [1.82, 2.24) is 9.78 Å². The van der Waals surface area contributed by atoms with Gasteiger partial charge >= 0.3 is 5.97 Å². The van der Waals surface area contributed by atoms with E-state index in [0.717, 1.165) is 23.0 Å². The first kappa shape index (κ1) is 11.1. The number of hydrogen-bond acceptors (Lipinski definition) is 2. The molecule has 0 aliphatic carbocycles. The summed E-state index contributed by atoms with van der Waals surface area (Å²) in [7, 11) is 0. The number of aliphatic carboxylic acids is 1. The Morgan fingerprint density at radius 2 is 2.00 bits per heavy atom. The van der Waals surface area contributed by atoms with Crippen molar-refractivity contribution in [3.05, 3.63) is 53.9 Å². The molecule has 0 radical (unpaired) electrons. The van der Waals surface area contributed by atoms with E-state index in [1.807, 2.05) is 43.5 Å². The van der Waals surface area contributed by atoms with Crippen LogP contribution in [-0.2, 0) is 4.79 Å². The van der Waals surface area contributed by atoms with Gasteiger partial charge in [0, 0.05) is 12.3 Å². The fourth-order valence-corrected chi connectivity index (χ4v) is 1.46. The monoisotopic (exact) mass is 228 g/mol. The van der Waals surface area contributed by atoms with Crippen LogP contribution in [0.25, 0.3) is 11.8 Å². The van der Waals surface area contributed by atoms with Crippen molar-refractivity contribution >= 4 is 12.0 Å². The third-order valence-corrected chi connectivity index (χ3v) is 2.30. The maximum Gasteiger partial charge on any atom is 0.328 e. The molecule has 0 spiro atoms. The van der Waals surface area contributed by atoms with Crippen LogP contribution in [0.4, 0.5) is 0 Å². The van der Waals surface area contributed by atoms with Crippen LogP contribution in [0.1, 0.15) is 11.3 Å². The van der Waals surface area contributed by atoms with Gasteiger partial charge < -0.3 is 5.11 Å². The summed E-state index contributed by atoms with van der Waals surface area (Å²) in [4.78, 5) is 10.4. The smallest absolute Gasteiger partial charge is 0.328 e. The molecule has 0 amide bonds. The Kier molecular flexibility index (Phi) is 3.05. The first-order valence-corrected chi connectivity index (χ1v) is 5.19. The maximum atomic E-state index is 10.4. The average molecular weight is 228 g/mol. The molecule has 4 heteroatoms. The lowest BCUT2D eigenvalue weighted by Crippen LogP contribution is -1.94. The summed E-state index contributed by atoms with van der Waals surface area (Å²) in [5.41, 5.74) is 2.76. The Hall–Kier alpha value is -2.36. The molecule has 1 N–H and O–H groups in total. The summed E-state index contributed by atoms with van der Waals surface area (Å²) in [5.74, 6) is -0.947. The standard InChI is InChI=1S/C13H12N2O2/c1-10-8-9-15(14-10)12-5-2-11(3-6-12)4-7-13(16)17/h2-9H,1H3,(H,16,17)/b7-4+. The molecule has 0 atom stereocenters. The molecule has 4 nitrogen and oxygen atoms in total. The highest BCUT2D eigenvalue weighted by Gasteiger charge is 1.97. The van der Waals surface area contributed by atoms with Crippen LogP contribution in [0.5, 0.6) is 0 Å².